The predicted octanol–water partition coefficient (Wildman–Crippen LogP) is 1.94. The lowest BCUT2D eigenvalue weighted by molar-refractivity contribution is -0.384. The molecule has 0 bridgehead atoms. The molecule has 0 aliphatic heterocycles. The summed E-state index contributed by atoms with van der Waals surface area (Å²) in [5.41, 5.74) is 6.34. The third-order valence-electron chi connectivity index (χ3n) is 2.76. The van der Waals surface area contributed by atoms with E-state index in [1.54, 1.807) is 29.3 Å². The molecule has 0 fully saturated rings. The molecule has 0 aliphatic rings. The van der Waals surface area contributed by atoms with Crippen molar-refractivity contribution in [2.24, 2.45) is 0 Å². The van der Waals surface area contributed by atoms with Crippen molar-refractivity contribution in [1.29, 1.82) is 0 Å². The summed E-state index contributed by atoms with van der Waals surface area (Å²) in [5, 5.41) is 15.5. The first-order valence-electron chi connectivity index (χ1n) is 5.96. The number of nitro groups is 1. The molecule has 0 unspecified atom stereocenters. The van der Waals surface area contributed by atoms with E-state index in [1.807, 2.05) is 0 Å². The van der Waals surface area contributed by atoms with Crippen molar-refractivity contribution in [1.82, 2.24) is 19.7 Å². The highest BCUT2D eigenvalue weighted by molar-refractivity contribution is 7.15. The average molecular weight is 302 g/mol. The van der Waals surface area contributed by atoms with Gasteiger partial charge in [0.2, 0.25) is 0 Å². The van der Waals surface area contributed by atoms with Crippen LogP contribution in [0.15, 0.2) is 36.8 Å². The Morgan fingerprint density at radius 3 is 2.67 bits per heavy atom. The molecule has 2 N–H and O–H groups in total. The molecule has 3 rings (SSSR count). The Bertz CT molecular complexity index is 779. The van der Waals surface area contributed by atoms with E-state index in [4.69, 9.17) is 5.73 Å². The Labute approximate surface area is 123 Å². The van der Waals surface area contributed by atoms with Crippen molar-refractivity contribution in [3.05, 3.63) is 51.8 Å². The molecular formula is C12H10N6O2S. The topological polar surface area (TPSA) is 113 Å². The molecule has 21 heavy (non-hydrogen) atoms. The molecule has 0 spiro atoms. The number of benzene rings is 1. The first-order valence-corrected chi connectivity index (χ1v) is 6.78. The van der Waals surface area contributed by atoms with Crippen molar-refractivity contribution in [3.63, 3.8) is 0 Å². The van der Waals surface area contributed by atoms with Gasteiger partial charge < -0.3 is 5.73 Å². The predicted molar refractivity (Wildman–Crippen MR) is 77.7 cm³/mol. The van der Waals surface area contributed by atoms with Crippen LogP contribution in [0.3, 0.4) is 0 Å². The van der Waals surface area contributed by atoms with E-state index in [1.165, 1.54) is 23.5 Å². The molecule has 8 nitrogen and oxygen atoms in total. The third-order valence-corrected chi connectivity index (χ3v) is 3.57. The summed E-state index contributed by atoms with van der Waals surface area (Å²) in [5.74, 6) is 0.516. The van der Waals surface area contributed by atoms with Crippen molar-refractivity contribution >= 4 is 22.2 Å². The monoisotopic (exact) mass is 302 g/mol. The van der Waals surface area contributed by atoms with Gasteiger partial charge in [0.1, 0.15) is 6.33 Å². The maximum Gasteiger partial charge on any atom is 0.269 e. The van der Waals surface area contributed by atoms with Crippen LogP contribution in [0.4, 0.5) is 10.8 Å². The van der Waals surface area contributed by atoms with Crippen LogP contribution >= 0.6 is 11.3 Å². The molecule has 2 heterocycles. The molecule has 0 aliphatic carbocycles. The fourth-order valence-corrected chi connectivity index (χ4v) is 2.47. The van der Waals surface area contributed by atoms with Crippen molar-refractivity contribution < 1.29 is 4.92 Å². The number of thiazole rings is 1. The van der Waals surface area contributed by atoms with E-state index in [0.29, 0.717) is 17.5 Å². The SMILES string of the molecule is Nc1ncc(Cn2cnc(-c3ccc([N+](=O)[O-])cc3)n2)s1. The average Bonchev–Trinajstić information content (AvgIpc) is 3.09. The van der Waals surface area contributed by atoms with Crippen LogP contribution in [0, 0.1) is 10.1 Å². The van der Waals surface area contributed by atoms with Gasteiger partial charge in [-0.3, -0.25) is 10.1 Å². The number of non-ortho nitro benzene ring substituents is 1. The number of nitro benzene ring substituents is 1. The Morgan fingerprint density at radius 2 is 2.05 bits per heavy atom. The summed E-state index contributed by atoms with van der Waals surface area (Å²) in [6, 6.07) is 6.12. The van der Waals surface area contributed by atoms with Crippen molar-refractivity contribution in [2.75, 3.05) is 5.73 Å². The Morgan fingerprint density at radius 1 is 1.29 bits per heavy atom. The molecule has 0 saturated heterocycles. The molecule has 9 heteroatoms. The Hall–Kier alpha value is -2.81. The highest BCUT2D eigenvalue weighted by Gasteiger charge is 2.09. The number of nitrogens with two attached hydrogens (primary N) is 1. The van der Waals surface area contributed by atoms with Gasteiger partial charge in [-0.15, -0.1) is 11.3 Å². The molecular weight excluding hydrogens is 292 g/mol. The van der Waals surface area contributed by atoms with Crippen LogP contribution in [-0.4, -0.2) is 24.7 Å². The zero-order valence-electron chi connectivity index (χ0n) is 10.7. The molecule has 1 aromatic carbocycles. The largest absolute Gasteiger partial charge is 0.375 e. The maximum atomic E-state index is 10.6. The first-order chi connectivity index (χ1) is 10.1. The van der Waals surface area contributed by atoms with E-state index < -0.39 is 4.92 Å². The van der Waals surface area contributed by atoms with Crippen molar-refractivity contribution in [3.8, 4) is 11.4 Å². The number of nitrogen functional groups attached to an aromatic ring is 1. The Balaban J connectivity index is 1.79. The van der Waals surface area contributed by atoms with E-state index in [2.05, 4.69) is 15.1 Å². The molecule has 0 radical (unpaired) electrons. The fourth-order valence-electron chi connectivity index (χ4n) is 1.79. The van der Waals surface area contributed by atoms with Crippen molar-refractivity contribution in [2.45, 2.75) is 6.54 Å². The van der Waals surface area contributed by atoms with Gasteiger partial charge in [-0.05, 0) is 12.1 Å². The van der Waals surface area contributed by atoms with Gasteiger partial charge in [-0.2, -0.15) is 5.10 Å². The lowest BCUT2D eigenvalue weighted by Gasteiger charge is -1.97. The zero-order chi connectivity index (χ0) is 14.8. The quantitative estimate of drug-likeness (QED) is 0.582. The number of hydrogen-bond acceptors (Lipinski definition) is 7. The minimum absolute atomic E-state index is 0.0401. The number of aromatic nitrogens is 4. The van der Waals surface area contributed by atoms with E-state index in [-0.39, 0.29) is 5.69 Å². The van der Waals surface area contributed by atoms with Gasteiger partial charge in [0.25, 0.3) is 5.69 Å². The lowest BCUT2D eigenvalue weighted by atomic mass is 10.2. The molecule has 2 aromatic heterocycles. The zero-order valence-corrected chi connectivity index (χ0v) is 11.5. The van der Waals surface area contributed by atoms with Gasteiger partial charge in [-0.25, -0.2) is 14.6 Å². The Kier molecular flexibility index (Phi) is 3.32. The highest BCUT2D eigenvalue weighted by atomic mass is 32.1. The maximum absolute atomic E-state index is 10.6. The van der Waals surface area contributed by atoms with Crippen LogP contribution in [0.25, 0.3) is 11.4 Å². The van der Waals surface area contributed by atoms with Crippen LogP contribution in [-0.2, 0) is 6.54 Å². The highest BCUT2D eigenvalue weighted by Crippen LogP contribution is 2.20. The van der Waals surface area contributed by atoms with Gasteiger partial charge >= 0.3 is 0 Å². The second-order valence-corrected chi connectivity index (χ2v) is 5.38. The van der Waals surface area contributed by atoms with Gasteiger partial charge in [0.05, 0.1) is 11.5 Å². The van der Waals surface area contributed by atoms with Crippen LogP contribution in [0.2, 0.25) is 0 Å². The first kappa shape index (κ1) is 13.2. The number of nitrogens with zero attached hydrogens (tertiary/aromatic N) is 5. The third kappa shape index (κ3) is 2.87. The molecule has 0 amide bonds. The summed E-state index contributed by atoms with van der Waals surface area (Å²) in [7, 11) is 0. The van der Waals surface area contributed by atoms with Gasteiger partial charge in [0.15, 0.2) is 11.0 Å². The summed E-state index contributed by atoms with van der Waals surface area (Å²) in [6.45, 7) is 0.537. The number of hydrogen-bond donors (Lipinski definition) is 1. The van der Waals surface area contributed by atoms with E-state index in [0.717, 1.165) is 10.4 Å². The minimum Gasteiger partial charge on any atom is -0.375 e. The minimum atomic E-state index is -0.440. The molecule has 0 atom stereocenters. The molecule has 106 valence electrons. The number of rotatable bonds is 4. The number of anilines is 1. The summed E-state index contributed by atoms with van der Waals surface area (Å²) in [4.78, 5) is 19.3. The van der Waals surface area contributed by atoms with Crippen LogP contribution in [0.1, 0.15) is 4.88 Å². The summed E-state index contributed by atoms with van der Waals surface area (Å²) < 4.78 is 1.67. The van der Waals surface area contributed by atoms with Crippen LogP contribution in [0.5, 0.6) is 0 Å². The molecule has 3 aromatic rings. The molecule has 0 saturated carbocycles. The van der Waals surface area contributed by atoms with E-state index >= 15 is 0 Å². The van der Waals surface area contributed by atoms with Crippen LogP contribution < -0.4 is 5.73 Å². The summed E-state index contributed by atoms with van der Waals surface area (Å²) >= 11 is 1.40. The van der Waals surface area contributed by atoms with Gasteiger partial charge in [-0.1, -0.05) is 0 Å². The van der Waals surface area contributed by atoms with Gasteiger partial charge in [0, 0.05) is 28.8 Å². The summed E-state index contributed by atoms with van der Waals surface area (Å²) in [6.07, 6.45) is 3.31. The second kappa shape index (κ2) is 5.29. The normalized spacial score (nSPS) is 10.7. The lowest BCUT2D eigenvalue weighted by Crippen LogP contribution is -1.98. The second-order valence-electron chi connectivity index (χ2n) is 4.23. The standard InChI is InChI=1S/C12H10N6O2S/c13-12-14-5-10(21-12)6-17-7-15-11(16-17)8-1-3-9(4-2-8)18(19)20/h1-5,7H,6H2,(H2,13,14). The van der Waals surface area contributed by atoms with E-state index in [9.17, 15) is 10.1 Å². The fraction of sp³-hybridized carbons (Fsp3) is 0.0833. The smallest absolute Gasteiger partial charge is 0.269 e.